The summed E-state index contributed by atoms with van der Waals surface area (Å²) in [6.07, 6.45) is 0. The van der Waals surface area contributed by atoms with Crippen LogP contribution in [-0.4, -0.2) is 6.54 Å². The highest BCUT2D eigenvalue weighted by Crippen LogP contribution is 2.02. The van der Waals surface area contributed by atoms with Gasteiger partial charge in [0.05, 0.1) is 0 Å². The molecule has 0 heterocycles. The zero-order chi connectivity index (χ0) is 9.52. The van der Waals surface area contributed by atoms with E-state index in [1.165, 1.54) is 11.1 Å². The Morgan fingerprint density at radius 2 is 2.00 bits per heavy atom. The first-order valence-corrected chi connectivity index (χ1v) is 4.84. The number of benzene rings is 1. The van der Waals surface area contributed by atoms with Gasteiger partial charge in [-0.1, -0.05) is 53.5 Å². The Balaban J connectivity index is 2.28. The van der Waals surface area contributed by atoms with Gasteiger partial charge in [0.2, 0.25) is 0 Å². The summed E-state index contributed by atoms with van der Waals surface area (Å²) in [5.74, 6) is 0. The van der Waals surface area contributed by atoms with Crippen molar-refractivity contribution >= 4 is 23.2 Å². The summed E-state index contributed by atoms with van der Waals surface area (Å²) in [6, 6.07) is 10.1. The van der Waals surface area contributed by atoms with Crippen LogP contribution in [0.5, 0.6) is 0 Å². The van der Waals surface area contributed by atoms with E-state index >= 15 is 0 Å². The molecule has 1 N–H and O–H groups in total. The second-order valence-electron chi connectivity index (χ2n) is 2.65. The molecule has 0 atom stereocenters. The summed E-state index contributed by atoms with van der Waals surface area (Å²) in [5, 5.41) is 3.79. The fourth-order valence-corrected chi connectivity index (χ4v) is 1.13. The van der Waals surface area contributed by atoms with Crippen LogP contribution in [-0.2, 0) is 6.54 Å². The zero-order valence-electron chi connectivity index (χ0n) is 7.13. The number of hydrogen-bond acceptors (Lipinski definition) is 1. The second kappa shape index (κ2) is 6.03. The van der Waals surface area contributed by atoms with Crippen LogP contribution in [0.4, 0.5) is 0 Å². The maximum absolute atomic E-state index is 5.70. The van der Waals surface area contributed by atoms with Crippen molar-refractivity contribution in [3.05, 3.63) is 46.5 Å². The van der Waals surface area contributed by atoms with E-state index in [1.54, 1.807) is 0 Å². The minimum absolute atomic E-state index is 0.611. The topological polar surface area (TPSA) is 12.0 Å². The fourth-order valence-electron chi connectivity index (χ4n) is 0.961. The van der Waals surface area contributed by atoms with E-state index in [-0.39, 0.29) is 0 Å². The molecule has 0 saturated heterocycles. The Labute approximate surface area is 88.4 Å². The van der Waals surface area contributed by atoms with Crippen LogP contribution in [0, 0.1) is 0 Å². The van der Waals surface area contributed by atoms with Gasteiger partial charge in [0.25, 0.3) is 0 Å². The molecule has 0 bridgehead atoms. The van der Waals surface area contributed by atoms with E-state index in [1.807, 2.05) is 18.2 Å². The summed E-state index contributed by atoms with van der Waals surface area (Å²) in [4.78, 5) is 0. The van der Waals surface area contributed by atoms with Crippen molar-refractivity contribution in [1.29, 1.82) is 0 Å². The van der Waals surface area contributed by atoms with Gasteiger partial charge in [-0.25, -0.2) is 0 Å². The van der Waals surface area contributed by atoms with E-state index in [0.717, 1.165) is 6.54 Å². The van der Waals surface area contributed by atoms with Gasteiger partial charge < -0.3 is 5.32 Å². The van der Waals surface area contributed by atoms with Gasteiger partial charge in [0.15, 0.2) is 0 Å². The lowest BCUT2D eigenvalue weighted by Crippen LogP contribution is -2.14. The molecule has 0 fully saturated rings. The monoisotopic (exact) mass is 215 g/mol. The minimum atomic E-state index is 0.611. The summed E-state index contributed by atoms with van der Waals surface area (Å²) in [7, 11) is 0. The lowest BCUT2D eigenvalue weighted by Gasteiger charge is -2.02. The number of nitrogens with one attached hydrogen (secondary N) is 1. The van der Waals surface area contributed by atoms with Gasteiger partial charge in [-0.05, 0) is 5.56 Å². The second-order valence-corrected chi connectivity index (χ2v) is 3.35. The summed E-state index contributed by atoms with van der Waals surface area (Å²) >= 11 is 11.1. The first-order valence-electron chi connectivity index (χ1n) is 4.02. The molecule has 3 heteroatoms. The molecule has 0 aliphatic carbocycles. The van der Waals surface area contributed by atoms with Gasteiger partial charge in [-0.2, -0.15) is 0 Å². The molecule has 1 aromatic carbocycles. The smallest absolute Gasteiger partial charge is 0.0432 e. The van der Waals surface area contributed by atoms with Crippen LogP contribution in [0.1, 0.15) is 5.56 Å². The highest BCUT2D eigenvalue weighted by Gasteiger charge is 1.92. The molecule has 0 aliphatic rings. The Morgan fingerprint density at radius 3 is 2.62 bits per heavy atom. The van der Waals surface area contributed by atoms with Crippen LogP contribution >= 0.6 is 23.2 Å². The van der Waals surface area contributed by atoms with E-state index in [4.69, 9.17) is 23.2 Å². The van der Waals surface area contributed by atoms with Gasteiger partial charge in [0.1, 0.15) is 0 Å². The molecule has 0 saturated carbocycles. The third kappa shape index (κ3) is 4.32. The van der Waals surface area contributed by atoms with Crippen molar-refractivity contribution in [1.82, 2.24) is 5.32 Å². The Hall–Kier alpha value is -0.500. The van der Waals surface area contributed by atoms with Crippen molar-refractivity contribution in [3.63, 3.8) is 0 Å². The Bertz CT molecular complexity index is 270. The van der Waals surface area contributed by atoms with Crippen LogP contribution in [0.25, 0.3) is 0 Å². The van der Waals surface area contributed by atoms with Gasteiger partial charge in [0, 0.05) is 23.7 Å². The highest BCUT2D eigenvalue weighted by molar-refractivity contribution is 6.36. The predicted octanol–water partition coefficient (Wildman–Crippen LogP) is 3.10. The first-order chi connectivity index (χ1) is 6.33. The quantitative estimate of drug-likeness (QED) is 0.815. The summed E-state index contributed by atoms with van der Waals surface area (Å²) in [5.41, 5.74) is 2.61. The maximum Gasteiger partial charge on any atom is 0.0432 e. The summed E-state index contributed by atoms with van der Waals surface area (Å²) < 4.78 is 0. The maximum atomic E-state index is 5.70. The molecule has 1 nitrogen and oxygen atoms in total. The molecule has 0 spiro atoms. The number of hydrogen-bond donors (Lipinski definition) is 1. The van der Waals surface area contributed by atoms with Crippen LogP contribution < -0.4 is 5.32 Å². The molecule has 70 valence electrons. The molecule has 0 aromatic heterocycles. The molecular formula is C10H11Cl2N. The first kappa shape index (κ1) is 10.6. The molecule has 0 radical (unpaired) electrons. The molecule has 1 rings (SSSR count). The van der Waals surface area contributed by atoms with Crippen molar-refractivity contribution in [3.8, 4) is 0 Å². The van der Waals surface area contributed by atoms with E-state index in [2.05, 4.69) is 17.4 Å². The largest absolute Gasteiger partial charge is 0.308 e. The molecule has 1 aromatic rings. The number of halogens is 2. The molecule has 0 amide bonds. The van der Waals surface area contributed by atoms with E-state index < -0.39 is 0 Å². The Morgan fingerprint density at radius 1 is 1.31 bits per heavy atom. The zero-order valence-corrected chi connectivity index (χ0v) is 8.65. The van der Waals surface area contributed by atoms with Gasteiger partial charge in [-0.15, -0.1) is 0 Å². The van der Waals surface area contributed by atoms with Gasteiger partial charge >= 0.3 is 0 Å². The molecular weight excluding hydrogens is 205 g/mol. The highest BCUT2D eigenvalue weighted by atomic mass is 35.5. The van der Waals surface area contributed by atoms with Crippen molar-refractivity contribution in [2.45, 2.75) is 6.54 Å². The van der Waals surface area contributed by atoms with E-state index in [9.17, 15) is 0 Å². The lowest BCUT2D eigenvalue weighted by atomic mass is 10.2. The third-order valence-electron chi connectivity index (χ3n) is 1.58. The van der Waals surface area contributed by atoms with Crippen LogP contribution in [0.2, 0.25) is 0 Å². The van der Waals surface area contributed by atoms with Crippen molar-refractivity contribution in [2.24, 2.45) is 0 Å². The molecule has 13 heavy (non-hydrogen) atoms. The average molecular weight is 216 g/mol. The third-order valence-corrected chi connectivity index (χ3v) is 2.20. The normalized spacial score (nSPS) is 11.7. The van der Waals surface area contributed by atoms with Crippen molar-refractivity contribution in [2.75, 3.05) is 6.54 Å². The Kier molecular flexibility index (Phi) is 4.91. The van der Waals surface area contributed by atoms with Gasteiger partial charge in [-0.3, -0.25) is 0 Å². The van der Waals surface area contributed by atoms with Crippen molar-refractivity contribution < 1.29 is 0 Å². The minimum Gasteiger partial charge on any atom is -0.308 e. The molecule has 0 aliphatic heterocycles. The van der Waals surface area contributed by atoms with Crippen LogP contribution in [0.3, 0.4) is 0 Å². The number of rotatable bonds is 4. The molecule has 0 unspecified atom stereocenters. The average Bonchev–Trinajstić information content (AvgIpc) is 2.19. The predicted molar refractivity (Wildman–Crippen MR) is 57.9 cm³/mol. The fraction of sp³-hybridized carbons (Fsp3) is 0.200. The lowest BCUT2D eigenvalue weighted by molar-refractivity contribution is 0.754. The van der Waals surface area contributed by atoms with Crippen LogP contribution in [0.15, 0.2) is 40.9 Å². The SMILES string of the molecule is ClC=C(Cl)CNCc1ccccc1. The van der Waals surface area contributed by atoms with E-state index in [0.29, 0.717) is 11.6 Å². The summed E-state index contributed by atoms with van der Waals surface area (Å²) in [6.45, 7) is 1.42. The standard InChI is InChI=1S/C10H11Cl2N/c11-6-10(12)8-13-7-9-4-2-1-3-5-9/h1-6,13H,7-8H2.